The lowest BCUT2D eigenvalue weighted by Gasteiger charge is -2.16. The van der Waals surface area contributed by atoms with Gasteiger partial charge < -0.3 is 25.0 Å². The van der Waals surface area contributed by atoms with Crippen LogP contribution in [0.4, 0.5) is 5.69 Å². The number of rotatable bonds is 9. The monoisotopic (exact) mass is 490 g/mol. The molecule has 2 rings (SSSR count). The van der Waals surface area contributed by atoms with Gasteiger partial charge in [0.15, 0.2) is 17.5 Å². The summed E-state index contributed by atoms with van der Waals surface area (Å²) in [6.45, 7) is 12.1. The maximum absolute atomic E-state index is 5.66. The van der Waals surface area contributed by atoms with Crippen LogP contribution in [0.1, 0.15) is 33.6 Å². The van der Waals surface area contributed by atoms with Crippen LogP contribution in [-0.4, -0.2) is 57.3 Å². The average Bonchev–Trinajstić information content (AvgIpc) is 3.08. The van der Waals surface area contributed by atoms with Crippen molar-refractivity contribution in [1.82, 2.24) is 10.2 Å². The second kappa shape index (κ2) is 13.0. The first-order valence-electron chi connectivity index (χ1n) is 9.78. The third-order valence-electron chi connectivity index (χ3n) is 4.49. The largest absolute Gasteiger partial charge is 0.493 e. The first kappa shape index (κ1) is 23.8. The van der Waals surface area contributed by atoms with Gasteiger partial charge in [0.05, 0.1) is 13.7 Å². The number of anilines is 1. The van der Waals surface area contributed by atoms with E-state index < -0.39 is 0 Å². The third-order valence-corrected chi connectivity index (χ3v) is 4.49. The Kier molecular flexibility index (Phi) is 11.5. The molecule has 27 heavy (non-hydrogen) atoms. The molecule has 0 radical (unpaired) electrons. The Morgan fingerprint density at radius 2 is 2.07 bits per heavy atom. The molecule has 1 aromatic rings. The number of hydrogen-bond acceptors (Lipinski definition) is 4. The maximum Gasteiger partial charge on any atom is 0.195 e. The van der Waals surface area contributed by atoms with Gasteiger partial charge in [-0.1, -0.05) is 6.92 Å². The molecule has 1 saturated heterocycles. The van der Waals surface area contributed by atoms with Gasteiger partial charge in [-0.25, -0.2) is 0 Å². The molecule has 1 atom stereocenters. The highest BCUT2D eigenvalue weighted by atomic mass is 127. The number of likely N-dealkylation sites (tertiary alicyclic amines) is 1. The molecule has 1 aliphatic rings. The molecule has 6 nitrogen and oxygen atoms in total. The minimum Gasteiger partial charge on any atom is -0.493 e. The van der Waals surface area contributed by atoms with Crippen molar-refractivity contribution >= 4 is 35.6 Å². The van der Waals surface area contributed by atoms with E-state index in [4.69, 9.17) is 14.5 Å². The van der Waals surface area contributed by atoms with Crippen molar-refractivity contribution in [2.75, 3.05) is 51.8 Å². The van der Waals surface area contributed by atoms with E-state index in [2.05, 4.69) is 29.4 Å². The average molecular weight is 490 g/mol. The fourth-order valence-electron chi connectivity index (χ4n) is 3.27. The summed E-state index contributed by atoms with van der Waals surface area (Å²) in [5.41, 5.74) is 0.938. The van der Waals surface area contributed by atoms with Crippen LogP contribution in [0.15, 0.2) is 23.2 Å². The number of nitrogens with one attached hydrogen (secondary N) is 2. The van der Waals surface area contributed by atoms with Crippen LogP contribution in [0.25, 0.3) is 0 Å². The van der Waals surface area contributed by atoms with Crippen molar-refractivity contribution < 1.29 is 9.47 Å². The number of aliphatic imine (C=N–C) groups is 1. The lowest BCUT2D eigenvalue weighted by atomic mass is 10.1. The summed E-state index contributed by atoms with van der Waals surface area (Å²) in [6.07, 6.45) is 2.46. The number of hydrogen-bond donors (Lipinski definition) is 2. The number of methoxy groups -OCH3 is 1. The van der Waals surface area contributed by atoms with Crippen molar-refractivity contribution in [3.63, 3.8) is 0 Å². The molecule has 0 saturated carbocycles. The Labute approximate surface area is 181 Å². The third kappa shape index (κ3) is 7.73. The molecular formula is C20H35IN4O2. The van der Waals surface area contributed by atoms with Crippen LogP contribution in [-0.2, 0) is 0 Å². The second-order valence-electron chi connectivity index (χ2n) is 6.60. The molecule has 1 aromatic carbocycles. The zero-order valence-corrected chi connectivity index (χ0v) is 19.4. The zero-order valence-electron chi connectivity index (χ0n) is 17.1. The van der Waals surface area contributed by atoms with Gasteiger partial charge in [0.2, 0.25) is 0 Å². The van der Waals surface area contributed by atoms with Gasteiger partial charge in [-0.3, -0.25) is 4.99 Å². The molecule has 1 aliphatic heterocycles. The predicted molar refractivity (Wildman–Crippen MR) is 124 cm³/mol. The molecular weight excluding hydrogens is 455 g/mol. The number of nitrogens with zero attached hydrogens (tertiary/aromatic N) is 2. The molecule has 154 valence electrons. The van der Waals surface area contributed by atoms with Crippen molar-refractivity contribution in [2.45, 2.75) is 33.6 Å². The summed E-state index contributed by atoms with van der Waals surface area (Å²) in [4.78, 5) is 7.34. The first-order valence-corrected chi connectivity index (χ1v) is 9.78. The number of halogens is 1. The lowest BCUT2D eigenvalue weighted by molar-refractivity contribution is 0.311. The van der Waals surface area contributed by atoms with Crippen LogP contribution in [0.3, 0.4) is 0 Å². The predicted octanol–water partition coefficient (Wildman–Crippen LogP) is 3.82. The number of ether oxygens (including phenoxy) is 2. The van der Waals surface area contributed by atoms with E-state index in [0.29, 0.717) is 12.5 Å². The fraction of sp³-hybridized carbons (Fsp3) is 0.650. The fourth-order valence-corrected chi connectivity index (χ4v) is 3.27. The summed E-state index contributed by atoms with van der Waals surface area (Å²) >= 11 is 0. The second-order valence-corrected chi connectivity index (χ2v) is 6.60. The smallest absolute Gasteiger partial charge is 0.195 e. The van der Waals surface area contributed by atoms with Gasteiger partial charge >= 0.3 is 0 Å². The zero-order chi connectivity index (χ0) is 18.8. The lowest BCUT2D eigenvalue weighted by Crippen LogP contribution is -2.31. The Balaban J connectivity index is 0.00000364. The highest BCUT2D eigenvalue weighted by Crippen LogP contribution is 2.30. The SMILES string of the molecule is CCCN1CCC(CN=C(NCC)Nc2ccc(OC)c(OCC)c2)C1.I. The van der Waals surface area contributed by atoms with E-state index in [-0.39, 0.29) is 24.0 Å². The van der Waals surface area contributed by atoms with Crippen molar-refractivity contribution in [1.29, 1.82) is 0 Å². The van der Waals surface area contributed by atoms with Gasteiger partial charge in [0.25, 0.3) is 0 Å². The molecule has 0 aliphatic carbocycles. The van der Waals surface area contributed by atoms with Gasteiger partial charge in [-0.2, -0.15) is 0 Å². The summed E-state index contributed by atoms with van der Waals surface area (Å²) in [6, 6.07) is 5.84. The minimum atomic E-state index is 0. The molecule has 0 spiro atoms. The molecule has 7 heteroatoms. The molecule has 1 heterocycles. The van der Waals surface area contributed by atoms with Crippen LogP contribution >= 0.6 is 24.0 Å². The van der Waals surface area contributed by atoms with Crippen molar-refractivity contribution in [3.8, 4) is 11.5 Å². The molecule has 1 fully saturated rings. The summed E-state index contributed by atoms with van der Waals surface area (Å²) in [7, 11) is 1.65. The number of guanidine groups is 1. The first-order chi connectivity index (χ1) is 12.7. The Morgan fingerprint density at radius 3 is 2.74 bits per heavy atom. The highest BCUT2D eigenvalue weighted by Gasteiger charge is 2.21. The maximum atomic E-state index is 5.66. The molecule has 1 unspecified atom stereocenters. The van der Waals surface area contributed by atoms with E-state index >= 15 is 0 Å². The van der Waals surface area contributed by atoms with E-state index in [1.165, 1.54) is 25.9 Å². The minimum absolute atomic E-state index is 0. The van der Waals surface area contributed by atoms with Crippen LogP contribution < -0.4 is 20.1 Å². The quantitative estimate of drug-likeness (QED) is 0.313. The summed E-state index contributed by atoms with van der Waals surface area (Å²) in [5, 5.41) is 6.70. The summed E-state index contributed by atoms with van der Waals surface area (Å²) < 4.78 is 11.0. The van der Waals surface area contributed by atoms with E-state index in [1.807, 2.05) is 25.1 Å². The van der Waals surface area contributed by atoms with Crippen molar-refractivity contribution in [2.24, 2.45) is 10.9 Å². The normalized spacial score (nSPS) is 17.3. The van der Waals surface area contributed by atoms with E-state index in [0.717, 1.165) is 42.8 Å². The van der Waals surface area contributed by atoms with Gasteiger partial charge in [-0.15, -0.1) is 24.0 Å². The highest BCUT2D eigenvalue weighted by molar-refractivity contribution is 14.0. The van der Waals surface area contributed by atoms with E-state index in [9.17, 15) is 0 Å². The van der Waals surface area contributed by atoms with Gasteiger partial charge in [-0.05, 0) is 57.8 Å². The van der Waals surface area contributed by atoms with Gasteiger partial charge in [0, 0.05) is 31.4 Å². The molecule has 0 bridgehead atoms. The molecule has 0 aromatic heterocycles. The molecule has 0 amide bonds. The Morgan fingerprint density at radius 1 is 1.26 bits per heavy atom. The standard InChI is InChI=1S/C20H34N4O2.HI/c1-5-11-24-12-10-16(15-24)14-22-20(21-6-2)23-17-8-9-18(25-4)19(13-17)26-7-3;/h8-9,13,16H,5-7,10-12,14-15H2,1-4H3,(H2,21,22,23);1H. The van der Waals surface area contributed by atoms with E-state index in [1.54, 1.807) is 7.11 Å². The number of benzene rings is 1. The van der Waals surface area contributed by atoms with Crippen LogP contribution in [0.2, 0.25) is 0 Å². The Bertz CT molecular complexity index is 583. The summed E-state index contributed by atoms with van der Waals surface area (Å²) in [5.74, 6) is 2.93. The van der Waals surface area contributed by atoms with Crippen LogP contribution in [0.5, 0.6) is 11.5 Å². The Hall–Kier alpha value is -1.22. The van der Waals surface area contributed by atoms with Crippen LogP contribution in [0, 0.1) is 5.92 Å². The van der Waals surface area contributed by atoms with Crippen molar-refractivity contribution in [3.05, 3.63) is 18.2 Å². The topological polar surface area (TPSA) is 58.1 Å². The molecule has 2 N–H and O–H groups in total. The van der Waals surface area contributed by atoms with Gasteiger partial charge in [0.1, 0.15) is 0 Å².